The second-order valence-corrected chi connectivity index (χ2v) is 14.6. The molecule has 0 amide bonds. The molecule has 9 heteroatoms. The van der Waals surface area contributed by atoms with Crippen LogP contribution in [0.5, 0.6) is 5.75 Å². The molecular weight excluding hydrogens is 583 g/mol. The van der Waals surface area contributed by atoms with Crippen LogP contribution in [0, 0.1) is 0 Å². The van der Waals surface area contributed by atoms with Gasteiger partial charge in [0.05, 0.1) is 0 Å². The number of aliphatic hydroxyl groups is 1. The van der Waals surface area contributed by atoms with Gasteiger partial charge in [0.2, 0.25) is 6.29 Å². The van der Waals surface area contributed by atoms with E-state index in [2.05, 4.69) is 46.8 Å². The predicted octanol–water partition coefficient (Wildman–Crippen LogP) is 9.43. The molecule has 0 saturated carbocycles. The summed E-state index contributed by atoms with van der Waals surface area (Å²) in [5.41, 5.74) is 1.22. The fraction of sp³-hybridized carbons (Fsp3) is 0.794. The molecule has 7 nitrogen and oxygen atoms in total. The van der Waals surface area contributed by atoms with Crippen molar-refractivity contribution in [2.45, 2.75) is 166 Å². The summed E-state index contributed by atoms with van der Waals surface area (Å²) in [5.74, 6) is -0.816. The highest BCUT2D eigenvalue weighted by atomic mass is 32.1. The standard InChI is InChI=1S/C34H59O7PS/c1-7-10-12-14-16-18-24-33(43,41-34(42-38,30(35)36)31(37)39-25-9-3)26-29(19-17-15-13-11-8-2)40-28-22-20-27(21-23-28)32(4,5)6/h20-23,29,31,37,43H,7-19,24-26H2,1-6H3,(H,35,36)/p+1. The molecule has 5 unspecified atom stereocenters. The second kappa shape index (κ2) is 20.8. The number of ether oxygens (including phenoxy) is 3. The van der Waals surface area contributed by atoms with E-state index < -0.39 is 31.0 Å². The van der Waals surface area contributed by atoms with Gasteiger partial charge in [-0.2, -0.15) is 0 Å². The van der Waals surface area contributed by atoms with E-state index in [1.165, 1.54) is 18.4 Å². The molecule has 1 rings (SSSR count). The van der Waals surface area contributed by atoms with Gasteiger partial charge in [0.15, 0.2) is 0 Å². The highest BCUT2D eigenvalue weighted by Gasteiger charge is 2.61. The molecule has 248 valence electrons. The average Bonchev–Trinajstić information content (AvgIpc) is 2.96. The van der Waals surface area contributed by atoms with Gasteiger partial charge in [0, 0.05) is 13.0 Å². The van der Waals surface area contributed by atoms with Gasteiger partial charge < -0.3 is 24.4 Å². The zero-order valence-corrected chi connectivity index (χ0v) is 29.6. The Morgan fingerprint density at radius 1 is 0.884 bits per heavy atom. The molecule has 0 radical (unpaired) electrons. The maximum Gasteiger partial charge on any atom is 0.411 e. The predicted molar refractivity (Wildman–Crippen MR) is 180 cm³/mol. The van der Waals surface area contributed by atoms with Crippen molar-refractivity contribution in [3.05, 3.63) is 29.8 Å². The van der Waals surface area contributed by atoms with Gasteiger partial charge in [0.1, 0.15) is 16.8 Å². The van der Waals surface area contributed by atoms with Crippen molar-refractivity contribution in [2.24, 2.45) is 0 Å². The molecule has 43 heavy (non-hydrogen) atoms. The summed E-state index contributed by atoms with van der Waals surface area (Å²) in [6, 6.07) is 8.10. The van der Waals surface area contributed by atoms with Gasteiger partial charge in [-0.05, 0) is 55.2 Å². The van der Waals surface area contributed by atoms with Crippen LogP contribution in [-0.4, -0.2) is 45.5 Å². The number of aliphatic carboxylic acids is 1. The normalized spacial score (nSPS) is 16.4. The first kappa shape index (κ1) is 39.8. The van der Waals surface area contributed by atoms with Gasteiger partial charge in [0.25, 0.3) is 0 Å². The molecule has 5 atom stereocenters. The van der Waals surface area contributed by atoms with E-state index in [9.17, 15) is 19.6 Å². The third kappa shape index (κ3) is 14.6. The Morgan fingerprint density at radius 3 is 1.95 bits per heavy atom. The fourth-order valence-corrected chi connectivity index (χ4v) is 6.20. The average molecular weight is 644 g/mol. The smallest absolute Gasteiger partial charge is 0.411 e. The number of aliphatic hydroxyl groups excluding tert-OH is 1. The first-order valence-corrected chi connectivity index (χ1v) is 17.8. The van der Waals surface area contributed by atoms with Crippen molar-refractivity contribution in [3.63, 3.8) is 0 Å². The van der Waals surface area contributed by atoms with Crippen molar-refractivity contribution in [2.75, 3.05) is 6.61 Å². The Kier molecular flexibility index (Phi) is 19.2. The van der Waals surface area contributed by atoms with E-state index in [1.54, 1.807) is 0 Å². The lowest BCUT2D eigenvalue weighted by Crippen LogP contribution is -2.53. The van der Waals surface area contributed by atoms with Crippen LogP contribution in [0.25, 0.3) is 0 Å². The highest BCUT2D eigenvalue weighted by molar-refractivity contribution is 7.81. The molecule has 0 aliphatic rings. The van der Waals surface area contributed by atoms with Crippen LogP contribution in [0.15, 0.2) is 24.3 Å². The number of hydrogen-bond donors (Lipinski definition) is 3. The number of carbonyl (C=O) groups is 1. The van der Waals surface area contributed by atoms with E-state index in [0.29, 0.717) is 12.8 Å². The molecule has 0 spiro atoms. The maximum atomic E-state index is 12.5. The minimum atomic E-state index is -2.46. The van der Waals surface area contributed by atoms with Crippen LogP contribution in [0.1, 0.15) is 143 Å². The summed E-state index contributed by atoms with van der Waals surface area (Å²) in [6.07, 6.45) is 11.4. The molecule has 0 heterocycles. The van der Waals surface area contributed by atoms with Crippen LogP contribution in [0.2, 0.25) is 0 Å². The number of thiol groups is 1. The van der Waals surface area contributed by atoms with E-state index in [1.807, 2.05) is 19.1 Å². The number of carboxylic acids is 1. The molecular formula is C34H60O7PS+. The molecule has 2 N–H and O–H groups in total. The fourth-order valence-electron chi connectivity index (χ4n) is 5.10. The maximum absolute atomic E-state index is 12.5. The van der Waals surface area contributed by atoms with Gasteiger partial charge >= 0.3 is 19.8 Å². The molecule has 0 aliphatic heterocycles. The van der Waals surface area contributed by atoms with Gasteiger partial charge in [-0.25, -0.2) is 4.79 Å². The van der Waals surface area contributed by atoms with Gasteiger partial charge in [-0.1, -0.05) is 116 Å². The number of carboxylic acid groups (broad SMARTS) is 1. The largest absolute Gasteiger partial charge is 0.490 e. The third-order valence-electron chi connectivity index (χ3n) is 7.77. The summed E-state index contributed by atoms with van der Waals surface area (Å²) in [5, 5.41) is 18.5. The van der Waals surface area contributed by atoms with Crippen molar-refractivity contribution < 1.29 is 33.8 Å². The van der Waals surface area contributed by atoms with Crippen LogP contribution < -0.4 is 4.74 Å². The Morgan fingerprint density at radius 2 is 1.44 bits per heavy atom. The zero-order valence-electron chi connectivity index (χ0n) is 27.7. The lowest BCUT2D eigenvalue weighted by Gasteiger charge is -2.37. The lowest BCUT2D eigenvalue weighted by atomic mass is 9.87. The van der Waals surface area contributed by atoms with E-state index >= 15 is 0 Å². The lowest BCUT2D eigenvalue weighted by molar-refractivity contribution is -0.228. The Hall–Kier alpha value is -1.18. The molecule has 0 saturated heterocycles. The summed E-state index contributed by atoms with van der Waals surface area (Å²) in [6.45, 7) is 12.8. The monoisotopic (exact) mass is 643 g/mol. The Labute approximate surface area is 268 Å². The summed E-state index contributed by atoms with van der Waals surface area (Å²) < 4.78 is 30.6. The van der Waals surface area contributed by atoms with Gasteiger partial charge in [-0.3, -0.25) is 0 Å². The molecule has 0 aliphatic carbocycles. The van der Waals surface area contributed by atoms with Crippen molar-refractivity contribution in [3.8, 4) is 5.75 Å². The molecule has 1 aromatic carbocycles. The first-order chi connectivity index (χ1) is 20.4. The number of benzene rings is 1. The number of unbranched alkanes of at least 4 members (excludes halogenated alkanes) is 9. The van der Waals surface area contributed by atoms with E-state index in [4.69, 9.17) is 26.8 Å². The summed E-state index contributed by atoms with van der Waals surface area (Å²) in [4.78, 5) is 11.2. The van der Waals surface area contributed by atoms with Gasteiger partial charge in [-0.15, -0.1) is 12.6 Å². The SMILES string of the molecule is CCCCCCCCC(S)(CC(CCCCCCC)Oc1ccc(C(C)(C)C)cc1)OC([PH+]=O)(C(=O)O)C(O)OCCC. The topological polar surface area (TPSA) is 102 Å². The zero-order chi connectivity index (χ0) is 32.4. The minimum absolute atomic E-state index is 0.0163. The summed E-state index contributed by atoms with van der Waals surface area (Å²) in [7, 11) is -1.50. The van der Waals surface area contributed by atoms with E-state index in [0.717, 1.165) is 70.0 Å². The Balaban J connectivity index is 3.32. The summed E-state index contributed by atoms with van der Waals surface area (Å²) >= 11 is 4.96. The highest BCUT2D eigenvalue weighted by Crippen LogP contribution is 2.42. The van der Waals surface area contributed by atoms with Crippen molar-refractivity contribution in [1.29, 1.82) is 0 Å². The molecule has 0 aromatic heterocycles. The van der Waals surface area contributed by atoms with Crippen LogP contribution in [-0.2, 0) is 24.2 Å². The quantitative estimate of drug-likeness (QED) is 0.0422. The third-order valence-corrected chi connectivity index (χ3v) is 9.13. The van der Waals surface area contributed by atoms with Crippen molar-refractivity contribution >= 4 is 27.1 Å². The van der Waals surface area contributed by atoms with E-state index in [-0.39, 0.29) is 24.5 Å². The molecule has 0 fully saturated rings. The first-order valence-electron chi connectivity index (χ1n) is 16.5. The number of hydrogen-bond acceptors (Lipinski definition) is 7. The number of rotatable bonds is 25. The van der Waals surface area contributed by atoms with Crippen LogP contribution in [0.3, 0.4) is 0 Å². The molecule has 0 bridgehead atoms. The molecule has 1 aromatic rings. The Bertz CT molecular complexity index is 907. The van der Waals surface area contributed by atoms with Crippen molar-refractivity contribution in [1.82, 2.24) is 0 Å². The minimum Gasteiger partial charge on any atom is -0.490 e. The second-order valence-electron chi connectivity index (χ2n) is 12.9. The van der Waals surface area contributed by atoms with Crippen LogP contribution in [0.4, 0.5) is 0 Å². The van der Waals surface area contributed by atoms with Crippen LogP contribution >= 0.6 is 21.1 Å².